The van der Waals surface area contributed by atoms with Gasteiger partial charge in [-0.15, -0.1) is 15.3 Å². The van der Waals surface area contributed by atoms with Crippen LogP contribution in [0.4, 0.5) is 5.82 Å². The predicted molar refractivity (Wildman–Crippen MR) is 93.2 cm³/mol. The summed E-state index contributed by atoms with van der Waals surface area (Å²) in [6.07, 6.45) is 5.04. The largest absolute Gasteiger partial charge is 0.377 e. The second kappa shape index (κ2) is 5.99. The molecule has 0 amide bonds. The van der Waals surface area contributed by atoms with Gasteiger partial charge < -0.3 is 10.1 Å². The molecule has 2 aromatic rings. The van der Waals surface area contributed by atoms with Crippen molar-refractivity contribution in [3.05, 3.63) is 18.0 Å². The lowest BCUT2D eigenvalue weighted by Crippen LogP contribution is -2.42. The van der Waals surface area contributed by atoms with E-state index in [0.717, 1.165) is 36.9 Å². The van der Waals surface area contributed by atoms with Crippen LogP contribution in [0.1, 0.15) is 58.2 Å². The van der Waals surface area contributed by atoms with Gasteiger partial charge in [-0.3, -0.25) is 0 Å². The van der Waals surface area contributed by atoms with Gasteiger partial charge >= 0.3 is 0 Å². The van der Waals surface area contributed by atoms with E-state index in [-0.39, 0.29) is 5.41 Å². The molecule has 1 saturated heterocycles. The third-order valence-corrected chi connectivity index (χ3v) is 5.07. The molecule has 0 bridgehead atoms. The molecule has 1 aliphatic heterocycles. The molecule has 2 atom stereocenters. The minimum Gasteiger partial charge on any atom is -0.377 e. The topological polar surface area (TPSA) is 64.3 Å². The highest BCUT2D eigenvalue weighted by atomic mass is 16.5. The van der Waals surface area contributed by atoms with Crippen molar-refractivity contribution in [2.75, 3.05) is 18.5 Å². The molecule has 0 spiro atoms. The monoisotopic (exact) mass is 329 g/mol. The normalized spacial score (nSPS) is 25.1. The van der Waals surface area contributed by atoms with E-state index in [1.54, 1.807) is 0 Å². The van der Waals surface area contributed by atoms with Gasteiger partial charge in [0.15, 0.2) is 11.5 Å². The Morgan fingerprint density at radius 3 is 2.79 bits per heavy atom. The summed E-state index contributed by atoms with van der Waals surface area (Å²) in [5, 5.41) is 16.7. The van der Waals surface area contributed by atoms with Crippen molar-refractivity contribution >= 4 is 11.5 Å². The number of anilines is 1. The zero-order valence-corrected chi connectivity index (χ0v) is 14.8. The number of nitrogens with zero attached hydrogens (tertiary/aromatic N) is 4. The molecular weight excluding hydrogens is 302 g/mol. The Bertz CT molecular complexity index is 716. The van der Waals surface area contributed by atoms with Crippen LogP contribution in [-0.4, -0.2) is 39.1 Å². The maximum Gasteiger partial charge on any atom is 0.178 e. The first-order valence-electron chi connectivity index (χ1n) is 9.10. The van der Waals surface area contributed by atoms with E-state index in [9.17, 15) is 0 Å². The van der Waals surface area contributed by atoms with E-state index < -0.39 is 0 Å². The molecule has 0 aromatic carbocycles. The standard InChI is InChI=1S/C18H27N5O/c1-18(2,3)16-13(5-4-10-24-16)11-19-14-8-9-15-20-21-17(12-6-7-12)23(15)22-14/h8-9,12-13,16H,4-7,10-11H2,1-3H3,(H,19,22). The molecule has 4 rings (SSSR count). The molecule has 1 N–H and O–H groups in total. The van der Waals surface area contributed by atoms with Crippen LogP contribution >= 0.6 is 0 Å². The SMILES string of the molecule is CC(C)(C)C1OCCCC1CNc1ccc2nnc(C3CC3)n2n1. The number of hydrogen-bond acceptors (Lipinski definition) is 5. The van der Waals surface area contributed by atoms with Gasteiger partial charge in [0.1, 0.15) is 5.82 Å². The molecule has 6 heteroatoms. The second-order valence-corrected chi connectivity index (χ2v) is 8.26. The molecule has 24 heavy (non-hydrogen) atoms. The maximum atomic E-state index is 6.07. The third kappa shape index (κ3) is 3.11. The van der Waals surface area contributed by atoms with Crippen LogP contribution < -0.4 is 5.32 Å². The van der Waals surface area contributed by atoms with E-state index in [4.69, 9.17) is 9.84 Å². The lowest BCUT2D eigenvalue weighted by atomic mass is 9.78. The van der Waals surface area contributed by atoms with E-state index in [1.807, 2.05) is 16.6 Å². The maximum absolute atomic E-state index is 6.07. The summed E-state index contributed by atoms with van der Waals surface area (Å²) in [5.74, 6) is 2.95. The van der Waals surface area contributed by atoms with Crippen LogP contribution in [-0.2, 0) is 4.74 Å². The van der Waals surface area contributed by atoms with Gasteiger partial charge in [0.25, 0.3) is 0 Å². The van der Waals surface area contributed by atoms with Gasteiger partial charge in [-0.25, -0.2) is 0 Å². The van der Waals surface area contributed by atoms with Crippen molar-refractivity contribution in [3.8, 4) is 0 Å². The minimum atomic E-state index is 0.164. The highest BCUT2D eigenvalue weighted by Crippen LogP contribution is 2.38. The van der Waals surface area contributed by atoms with Crippen molar-refractivity contribution in [1.29, 1.82) is 0 Å². The zero-order chi connectivity index (χ0) is 16.7. The molecule has 1 saturated carbocycles. The smallest absolute Gasteiger partial charge is 0.178 e. The first kappa shape index (κ1) is 15.8. The van der Waals surface area contributed by atoms with E-state index in [0.29, 0.717) is 17.9 Å². The Morgan fingerprint density at radius 1 is 1.21 bits per heavy atom. The van der Waals surface area contributed by atoms with Gasteiger partial charge in [0, 0.05) is 25.0 Å². The number of nitrogens with one attached hydrogen (secondary N) is 1. The van der Waals surface area contributed by atoms with Crippen molar-refractivity contribution < 1.29 is 4.74 Å². The molecule has 130 valence electrons. The number of aromatic nitrogens is 4. The molecule has 0 radical (unpaired) electrons. The summed E-state index contributed by atoms with van der Waals surface area (Å²) >= 11 is 0. The van der Waals surface area contributed by atoms with Crippen LogP contribution in [0.5, 0.6) is 0 Å². The fourth-order valence-electron chi connectivity index (χ4n) is 3.74. The Hall–Kier alpha value is -1.69. The lowest BCUT2D eigenvalue weighted by molar-refractivity contribution is -0.0814. The summed E-state index contributed by atoms with van der Waals surface area (Å²) < 4.78 is 7.98. The molecule has 2 aliphatic rings. The predicted octanol–water partition coefficient (Wildman–Crippen LogP) is 3.25. The fraction of sp³-hybridized carbons (Fsp3) is 0.722. The number of rotatable bonds is 4. The van der Waals surface area contributed by atoms with Crippen LogP contribution in [0, 0.1) is 11.3 Å². The van der Waals surface area contributed by atoms with Gasteiger partial charge in [-0.05, 0) is 43.2 Å². The van der Waals surface area contributed by atoms with Crippen LogP contribution in [0.2, 0.25) is 0 Å². The Labute approximate surface area is 143 Å². The lowest BCUT2D eigenvalue weighted by Gasteiger charge is -2.40. The van der Waals surface area contributed by atoms with Crippen molar-refractivity contribution in [3.63, 3.8) is 0 Å². The van der Waals surface area contributed by atoms with Crippen LogP contribution in [0.3, 0.4) is 0 Å². The van der Waals surface area contributed by atoms with E-state index >= 15 is 0 Å². The number of ether oxygens (including phenoxy) is 1. The first-order chi connectivity index (χ1) is 11.5. The van der Waals surface area contributed by atoms with Gasteiger partial charge in [0.2, 0.25) is 0 Å². The van der Waals surface area contributed by atoms with Crippen molar-refractivity contribution in [2.45, 2.75) is 58.5 Å². The molecular formula is C18H27N5O. The quantitative estimate of drug-likeness (QED) is 0.933. The molecule has 3 heterocycles. The third-order valence-electron chi connectivity index (χ3n) is 5.07. The van der Waals surface area contributed by atoms with E-state index in [2.05, 4.69) is 36.3 Å². The average molecular weight is 329 g/mol. The summed E-state index contributed by atoms with van der Waals surface area (Å²) in [6, 6.07) is 3.99. The highest BCUT2D eigenvalue weighted by Gasteiger charge is 2.35. The van der Waals surface area contributed by atoms with Gasteiger partial charge in [-0.1, -0.05) is 20.8 Å². The Morgan fingerprint density at radius 2 is 2.04 bits per heavy atom. The van der Waals surface area contributed by atoms with Gasteiger partial charge in [0.05, 0.1) is 6.10 Å². The Balaban J connectivity index is 1.48. The number of hydrogen-bond donors (Lipinski definition) is 1. The minimum absolute atomic E-state index is 0.164. The molecule has 1 aliphatic carbocycles. The molecule has 2 aromatic heterocycles. The summed E-state index contributed by atoms with van der Waals surface area (Å²) in [6.45, 7) is 8.56. The Kier molecular flexibility index (Phi) is 3.95. The average Bonchev–Trinajstić information content (AvgIpc) is 3.32. The zero-order valence-electron chi connectivity index (χ0n) is 14.8. The fourth-order valence-corrected chi connectivity index (χ4v) is 3.74. The van der Waals surface area contributed by atoms with Crippen LogP contribution in [0.25, 0.3) is 5.65 Å². The summed E-state index contributed by atoms with van der Waals surface area (Å²) in [4.78, 5) is 0. The number of fused-ring (bicyclic) bond motifs is 1. The molecule has 2 fully saturated rings. The van der Waals surface area contributed by atoms with Crippen molar-refractivity contribution in [2.24, 2.45) is 11.3 Å². The van der Waals surface area contributed by atoms with Gasteiger partial charge in [-0.2, -0.15) is 4.52 Å². The van der Waals surface area contributed by atoms with Crippen molar-refractivity contribution in [1.82, 2.24) is 19.8 Å². The summed E-state index contributed by atoms with van der Waals surface area (Å²) in [7, 11) is 0. The second-order valence-electron chi connectivity index (χ2n) is 8.26. The van der Waals surface area contributed by atoms with Crippen LogP contribution in [0.15, 0.2) is 12.1 Å². The molecule has 2 unspecified atom stereocenters. The van der Waals surface area contributed by atoms with E-state index in [1.165, 1.54) is 19.3 Å². The first-order valence-corrected chi connectivity index (χ1v) is 9.10. The molecule has 6 nitrogen and oxygen atoms in total. The summed E-state index contributed by atoms with van der Waals surface area (Å²) in [5.41, 5.74) is 0.994. The highest BCUT2D eigenvalue weighted by molar-refractivity contribution is 5.44.